The predicted molar refractivity (Wildman–Crippen MR) is 69.8 cm³/mol. The van der Waals surface area contributed by atoms with E-state index in [-0.39, 0.29) is 11.6 Å². The van der Waals surface area contributed by atoms with Gasteiger partial charge >= 0.3 is 0 Å². The Hall–Kier alpha value is -2.16. The number of ketones is 1. The van der Waals surface area contributed by atoms with E-state index in [0.29, 0.717) is 13.0 Å². The second-order valence-electron chi connectivity index (χ2n) is 4.66. The van der Waals surface area contributed by atoms with Gasteiger partial charge in [-0.15, -0.1) is 0 Å². The number of hydrogen-bond acceptors (Lipinski definition) is 2. The van der Waals surface area contributed by atoms with Crippen LogP contribution in [0.1, 0.15) is 27.9 Å². The molecular formula is C16H13FO2. The molecule has 2 aromatic carbocycles. The molecule has 0 radical (unpaired) electrons. The molecule has 3 rings (SSSR count). The molecular weight excluding hydrogens is 243 g/mol. The zero-order chi connectivity index (χ0) is 13.2. The van der Waals surface area contributed by atoms with Crippen molar-refractivity contribution < 1.29 is 13.9 Å². The lowest BCUT2D eigenvalue weighted by Gasteiger charge is -2.07. The molecule has 0 spiro atoms. The molecule has 2 nitrogen and oxygen atoms in total. The van der Waals surface area contributed by atoms with Gasteiger partial charge in [0.05, 0.1) is 0 Å². The molecule has 2 aromatic rings. The van der Waals surface area contributed by atoms with Crippen molar-refractivity contribution >= 4 is 5.78 Å². The minimum Gasteiger partial charge on any atom is -0.489 e. The van der Waals surface area contributed by atoms with Crippen LogP contribution in [-0.2, 0) is 13.0 Å². The summed E-state index contributed by atoms with van der Waals surface area (Å²) in [6.07, 6.45) is 1.39. The van der Waals surface area contributed by atoms with Gasteiger partial charge in [0.25, 0.3) is 0 Å². The van der Waals surface area contributed by atoms with Crippen molar-refractivity contribution in [2.24, 2.45) is 0 Å². The Bertz CT molecular complexity index is 617. The minimum atomic E-state index is -0.250. The zero-order valence-electron chi connectivity index (χ0n) is 10.4. The van der Waals surface area contributed by atoms with Gasteiger partial charge in [0.1, 0.15) is 18.2 Å². The van der Waals surface area contributed by atoms with Crippen LogP contribution in [0.15, 0.2) is 42.5 Å². The van der Waals surface area contributed by atoms with E-state index in [1.807, 2.05) is 18.2 Å². The molecule has 0 aliphatic heterocycles. The van der Waals surface area contributed by atoms with E-state index in [2.05, 4.69) is 0 Å². The van der Waals surface area contributed by atoms with Gasteiger partial charge in [-0.05, 0) is 47.9 Å². The fourth-order valence-corrected chi connectivity index (χ4v) is 2.27. The number of fused-ring (bicyclic) bond motifs is 1. The van der Waals surface area contributed by atoms with Gasteiger partial charge in [-0.2, -0.15) is 0 Å². The molecule has 1 aliphatic rings. The highest BCUT2D eigenvalue weighted by molar-refractivity contribution is 6.00. The Morgan fingerprint density at radius 3 is 2.63 bits per heavy atom. The third-order valence-corrected chi connectivity index (χ3v) is 3.32. The fraction of sp³-hybridized carbons (Fsp3) is 0.188. The smallest absolute Gasteiger partial charge is 0.163 e. The first kappa shape index (κ1) is 11.9. The highest BCUT2D eigenvalue weighted by atomic mass is 19.1. The molecule has 0 saturated heterocycles. The Morgan fingerprint density at radius 1 is 1.05 bits per heavy atom. The number of carbonyl (C=O) groups is 1. The summed E-state index contributed by atoms with van der Waals surface area (Å²) in [5.41, 5.74) is 2.79. The van der Waals surface area contributed by atoms with E-state index < -0.39 is 0 Å². The van der Waals surface area contributed by atoms with Crippen LogP contribution in [0.25, 0.3) is 0 Å². The van der Waals surface area contributed by atoms with Crippen LogP contribution in [0.2, 0.25) is 0 Å². The number of halogens is 1. The van der Waals surface area contributed by atoms with Crippen molar-refractivity contribution in [2.45, 2.75) is 19.4 Å². The predicted octanol–water partition coefficient (Wildman–Crippen LogP) is 3.53. The zero-order valence-corrected chi connectivity index (χ0v) is 10.4. The maximum absolute atomic E-state index is 12.8. The summed E-state index contributed by atoms with van der Waals surface area (Å²) in [7, 11) is 0. The maximum Gasteiger partial charge on any atom is 0.163 e. The van der Waals surface area contributed by atoms with E-state index in [1.54, 1.807) is 12.1 Å². The van der Waals surface area contributed by atoms with Crippen LogP contribution in [0.5, 0.6) is 5.75 Å². The van der Waals surface area contributed by atoms with Gasteiger partial charge in [-0.3, -0.25) is 4.79 Å². The van der Waals surface area contributed by atoms with E-state index in [9.17, 15) is 9.18 Å². The fourth-order valence-electron chi connectivity index (χ4n) is 2.27. The lowest BCUT2D eigenvalue weighted by molar-refractivity contribution is 0.0994. The van der Waals surface area contributed by atoms with Crippen molar-refractivity contribution in [3.63, 3.8) is 0 Å². The Labute approximate surface area is 110 Å². The second kappa shape index (κ2) is 4.84. The Balaban J connectivity index is 1.71. The molecule has 0 saturated carbocycles. The first-order chi connectivity index (χ1) is 9.22. The van der Waals surface area contributed by atoms with Gasteiger partial charge in [0.15, 0.2) is 5.78 Å². The maximum atomic E-state index is 12.8. The summed E-state index contributed by atoms with van der Waals surface area (Å²) in [6, 6.07) is 11.8. The molecule has 0 aromatic heterocycles. The third-order valence-electron chi connectivity index (χ3n) is 3.32. The Kier molecular flexibility index (Phi) is 3.03. The van der Waals surface area contributed by atoms with Crippen LogP contribution < -0.4 is 4.74 Å². The normalized spacial score (nSPS) is 13.4. The standard InChI is InChI=1S/C16H13FO2/c17-13-4-1-11(2-5-13)10-19-14-6-7-15-12(9-14)3-8-16(15)18/h1-2,4-7,9H,3,8,10H2. The van der Waals surface area contributed by atoms with Gasteiger partial charge < -0.3 is 4.74 Å². The second-order valence-corrected chi connectivity index (χ2v) is 4.66. The number of benzene rings is 2. The van der Waals surface area contributed by atoms with Crippen LogP contribution in [0, 0.1) is 5.82 Å². The summed E-state index contributed by atoms with van der Waals surface area (Å²) in [6.45, 7) is 0.396. The van der Waals surface area contributed by atoms with Gasteiger partial charge in [0, 0.05) is 12.0 Å². The lowest BCUT2D eigenvalue weighted by atomic mass is 10.1. The number of Topliss-reactive ketones (excluding diaryl/α,β-unsaturated/α-hetero) is 1. The number of rotatable bonds is 3. The first-order valence-electron chi connectivity index (χ1n) is 6.26. The molecule has 0 N–H and O–H groups in total. The molecule has 0 amide bonds. The topological polar surface area (TPSA) is 26.3 Å². The number of aryl methyl sites for hydroxylation is 1. The summed E-state index contributed by atoms with van der Waals surface area (Å²) in [5, 5.41) is 0. The van der Waals surface area contributed by atoms with E-state index in [1.165, 1.54) is 12.1 Å². The largest absolute Gasteiger partial charge is 0.489 e. The van der Waals surface area contributed by atoms with Gasteiger partial charge in [-0.25, -0.2) is 4.39 Å². The molecule has 3 heteroatoms. The van der Waals surface area contributed by atoms with Crippen molar-refractivity contribution in [1.29, 1.82) is 0 Å². The summed E-state index contributed by atoms with van der Waals surface area (Å²) in [5.74, 6) is 0.706. The Morgan fingerprint density at radius 2 is 1.84 bits per heavy atom. The van der Waals surface area contributed by atoms with E-state index >= 15 is 0 Å². The van der Waals surface area contributed by atoms with Gasteiger partial charge in [-0.1, -0.05) is 12.1 Å². The number of ether oxygens (including phenoxy) is 1. The van der Waals surface area contributed by atoms with Crippen LogP contribution in [0.4, 0.5) is 4.39 Å². The molecule has 1 aliphatic carbocycles. The summed E-state index contributed by atoms with van der Waals surface area (Å²) >= 11 is 0. The van der Waals surface area contributed by atoms with E-state index in [0.717, 1.165) is 28.9 Å². The van der Waals surface area contributed by atoms with Crippen molar-refractivity contribution in [1.82, 2.24) is 0 Å². The summed E-state index contributed by atoms with van der Waals surface area (Å²) in [4.78, 5) is 11.5. The third kappa shape index (κ3) is 2.50. The van der Waals surface area contributed by atoms with Crippen LogP contribution in [0.3, 0.4) is 0 Å². The van der Waals surface area contributed by atoms with E-state index in [4.69, 9.17) is 4.74 Å². The molecule has 0 heterocycles. The number of hydrogen-bond donors (Lipinski definition) is 0. The van der Waals surface area contributed by atoms with Crippen LogP contribution in [-0.4, -0.2) is 5.78 Å². The van der Waals surface area contributed by atoms with Crippen molar-refractivity contribution in [3.05, 3.63) is 65.0 Å². The molecule has 0 fully saturated rings. The highest BCUT2D eigenvalue weighted by Crippen LogP contribution is 2.26. The quantitative estimate of drug-likeness (QED) is 0.839. The van der Waals surface area contributed by atoms with Crippen LogP contribution >= 0.6 is 0 Å². The number of carbonyl (C=O) groups excluding carboxylic acids is 1. The van der Waals surface area contributed by atoms with Crippen molar-refractivity contribution in [3.8, 4) is 5.75 Å². The molecule has 96 valence electrons. The molecule has 0 unspecified atom stereocenters. The monoisotopic (exact) mass is 256 g/mol. The summed E-state index contributed by atoms with van der Waals surface area (Å²) < 4.78 is 18.4. The molecule has 0 atom stereocenters. The minimum absolute atomic E-state index is 0.208. The SMILES string of the molecule is O=C1CCc2cc(OCc3ccc(F)cc3)ccc21. The first-order valence-corrected chi connectivity index (χ1v) is 6.26. The average molecular weight is 256 g/mol. The lowest BCUT2D eigenvalue weighted by Crippen LogP contribution is -1.97. The molecule has 0 bridgehead atoms. The van der Waals surface area contributed by atoms with Gasteiger partial charge in [0.2, 0.25) is 0 Å². The average Bonchev–Trinajstić information content (AvgIpc) is 2.79. The highest BCUT2D eigenvalue weighted by Gasteiger charge is 2.19. The van der Waals surface area contributed by atoms with Crippen molar-refractivity contribution in [2.75, 3.05) is 0 Å². The molecule has 19 heavy (non-hydrogen) atoms.